The maximum atomic E-state index is 12.3. The molecule has 0 heterocycles. The Kier molecular flexibility index (Phi) is 7.50. The number of ether oxygens (including phenoxy) is 1. The van der Waals surface area contributed by atoms with Gasteiger partial charge in [0, 0.05) is 25.0 Å². The van der Waals surface area contributed by atoms with Crippen LogP contribution in [0.2, 0.25) is 0 Å². The molecular formula is C18H22N4O5. The van der Waals surface area contributed by atoms with E-state index in [1.54, 1.807) is 26.8 Å². The lowest BCUT2D eigenvalue weighted by Gasteiger charge is -2.25. The molecule has 1 rings (SSSR count). The van der Waals surface area contributed by atoms with Crippen LogP contribution < -0.4 is 11.1 Å². The molecule has 4 N–H and O–H groups in total. The number of hydrogen-bond donors (Lipinski definition) is 3. The van der Waals surface area contributed by atoms with Crippen LogP contribution in [-0.2, 0) is 9.53 Å². The fraction of sp³-hybridized carbons (Fsp3) is 0.333. The number of carbonyl (C=O) groups is 3. The molecule has 0 aliphatic rings. The zero-order valence-electron chi connectivity index (χ0n) is 15.4. The molecule has 2 amide bonds. The molecule has 0 aliphatic carbocycles. The monoisotopic (exact) mass is 374 g/mol. The Morgan fingerprint density at radius 1 is 1.37 bits per heavy atom. The van der Waals surface area contributed by atoms with E-state index in [4.69, 9.17) is 15.6 Å². The van der Waals surface area contributed by atoms with Crippen LogP contribution in [0.25, 0.3) is 0 Å². The second-order valence-corrected chi connectivity index (χ2v) is 6.46. The minimum Gasteiger partial charge on any atom is -0.478 e. The average molecular weight is 374 g/mol. The van der Waals surface area contributed by atoms with Crippen LogP contribution in [0.1, 0.15) is 31.1 Å². The number of carboxylic acids is 1. The summed E-state index contributed by atoms with van der Waals surface area (Å²) in [5.41, 5.74) is 4.53. The van der Waals surface area contributed by atoms with Gasteiger partial charge in [0.05, 0.1) is 5.56 Å². The molecule has 0 spiro atoms. The van der Waals surface area contributed by atoms with Crippen molar-refractivity contribution >= 4 is 23.7 Å². The Morgan fingerprint density at radius 3 is 2.56 bits per heavy atom. The van der Waals surface area contributed by atoms with E-state index in [1.165, 1.54) is 24.3 Å². The number of nitrogens with zero attached hydrogens (tertiary/aromatic N) is 2. The molecule has 0 bridgehead atoms. The van der Waals surface area contributed by atoms with Crippen molar-refractivity contribution in [3.05, 3.63) is 41.6 Å². The predicted octanol–water partition coefficient (Wildman–Crippen LogP) is 1.93. The third kappa shape index (κ3) is 7.17. The third-order valence-electron chi connectivity index (χ3n) is 3.02. The standard InChI is InChI=1S/C18H22N4O5/c1-18(2,3)27-17(26)22(8-7-19)11-13(10-20)15(23)21-14-6-4-5-12(9-14)16(24)25/h4-6,9,11H,7-8,19H2,1-3H3,(H,21,23)(H,24,25)/b13-11-. The van der Waals surface area contributed by atoms with Crippen LogP contribution >= 0.6 is 0 Å². The lowest BCUT2D eigenvalue weighted by atomic mass is 10.2. The van der Waals surface area contributed by atoms with Gasteiger partial charge in [0.1, 0.15) is 17.2 Å². The lowest BCUT2D eigenvalue weighted by Crippen LogP contribution is -2.37. The first-order valence-electron chi connectivity index (χ1n) is 8.03. The molecule has 0 saturated carbocycles. The lowest BCUT2D eigenvalue weighted by molar-refractivity contribution is -0.112. The number of nitriles is 1. The second kappa shape index (κ2) is 9.35. The Morgan fingerprint density at radius 2 is 2.04 bits per heavy atom. The summed E-state index contributed by atoms with van der Waals surface area (Å²) >= 11 is 0. The number of aromatic carboxylic acids is 1. The van der Waals surface area contributed by atoms with Crippen LogP contribution in [0, 0.1) is 11.3 Å². The summed E-state index contributed by atoms with van der Waals surface area (Å²) in [5.74, 6) is -1.95. The van der Waals surface area contributed by atoms with E-state index in [0.717, 1.165) is 11.1 Å². The van der Waals surface area contributed by atoms with E-state index >= 15 is 0 Å². The molecule has 27 heavy (non-hydrogen) atoms. The molecule has 9 heteroatoms. The van der Waals surface area contributed by atoms with Gasteiger partial charge in [-0.05, 0) is 39.0 Å². The van der Waals surface area contributed by atoms with Crippen molar-refractivity contribution in [2.24, 2.45) is 5.73 Å². The average Bonchev–Trinajstić information content (AvgIpc) is 2.57. The molecule has 0 unspecified atom stereocenters. The number of benzene rings is 1. The third-order valence-corrected chi connectivity index (χ3v) is 3.02. The number of carbonyl (C=O) groups excluding carboxylic acids is 2. The highest BCUT2D eigenvalue weighted by Crippen LogP contribution is 2.14. The summed E-state index contributed by atoms with van der Waals surface area (Å²) in [5, 5.41) is 20.7. The number of amides is 2. The van der Waals surface area contributed by atoms with Crippen LogP contribution in [0.4, 0.5) is 10.5 Å². The minimum absolute atomic E-state index is 0.0196. The fourth-order valence-corrected chi connectivity index (χ4v) is 1.89. The SMILES string of the molecule is CC(C)(C)OC(=O)N(/C=C(/C#N)C(=O)Nc1cccc(C(=O)O)c1)CCN. The van der Waals surface area contributed by atoms with Crippen molar-refractivity contribution in [1.82, 2.24) is 4.90 Å². The highest BCUT2D eigenvalue weighted by molar-refractivity contribution is 6.07. The molecule has 0 radical (unpaired) electrons. The van der Waals surface area contributed by atoms with E-state index < -0.39 is 23.6 Å². The maximum absolute atomic E-state index is 12.3. The normalized spacial score (nSPS) is 11.3. The Bertz CT molecular complexity index is 790. The van der Waals surface area contributed by atoms with Crippen molar-refractivity contribution in [2.75, 3.05) is 18.4 Å². The zero-order chi connectivity index (χ0) is 20.6. The highest BCUT2D eigenvalue weighted by atomic mass is 16.6. The van der Waals surface area contributed by atoms with E-state index in [9.17, 15) is 19.6 Å². The quantitative estimate of drug-likeness (QED) is 0.509. The Balaban J connectivity index is 3.03. The van der Waals surface area contributed by atoms with Crippen LogP contribution in [-0.4, -0.2) is 46.7 Å². The van der Waals surface area contributed by atoms with Crippen LogP contribution in [0.3, 0.4) is 0 Å². The molecule has 144 valence electrons. The molecule has 1 aromatic rings. The summed E-state index contributed by atoms with van der Waals surface area (Å²) in [6, 6.07) is 7.26. The van der Waals surface area contributed by atoms with E-state index in [-0.39, 0.29) is 29.9 Å². The van der Waals surface area contributed by atoms with Crippen molar-refractivity contribution in [1.29, 1.82) is 5.26 Å². The largest absolute Gasteiger partial charge is 0.478 e. The van der Waals surface area contributed by atoms with Gasteiger partial charge in [-0.25, -0.2) is 9.59 Å². The molecule has 0 aromatic heterocycles. The van der Waals surface area contributed by atoms with E-state index in [2.05, 4.69) is 5.32 Å². The van der Waals surface area contributed by atoms with E-state index in [1.807, 2.05) is 0 Å². The van der Waals surface area contributed by atoms with Crippen LogP contribution in [0.5, 0.6) is 0 Å². The Labute approximate surface area is 157 Å². The first-order chi connectivity index (χ1) is 12.6. The van der Waals surface area contributed by atoms with Gasteiger partial charge in [-0.2, -0.15) is 5.26 Å². The topological polar surface area (TPSA) is 146 Å². The first-order valence-corrected chi connectivity index (χ1v) is 8.03. The molecule has 0 fully saturated rings. The molecule has 0 atom stereocenters. The van der Waals surface area contributed by atoms with Crippen molar-refractivity contribution < 1.29 is 24.2 Å². The minimum atomic E-state index is -1.15. The number of nitrogens with two attached hydrogens (primary N) is 1. The summed E-state index contributed by atoms with van der Waals surface area (Å²) in [6.45, 7) is 5.19. The Hall–Kier alpha value is -3.38. The van der Waals surface area contributed by atoms with Crippen molar-refractivity contribution in [3.8, 4) is 6.07 Å². The predicted molar refractivity (Wildman–Crippen MR) is 97.7 cm³/mol. The maximum Gasteiger partial charge on any atom is 0.414 e. The van der Waals surface area contributed by atoms with Crippen molar-refractivity contribution in [2.45, 2.75) is 26.4 Å². The molecule has 0 saturated heterocycles. The zero-order valence-corrected chi connectivity index (χ0v) is 15.4. The number of anilines is 1. The number of rotatable bonds is 6. The van der Waals surface area contributed by atoms with Gasteiger partial charge in [0.25, 0.3) is 5.91 Å². The van der Waals surface area contributed by atoms with Gasteiger partial charge < -0.3 is 20.9 Å². The summed E-state index contributed by atoms with van der Waals surface area (Å²) < 4.78 is 5.22. The number of nitrogens with one attached hydrogen (secondary N) is 1. The second-order valence-electron chi connectivity index (χ2n) is 6.46. The number of carboxylic acid groups (broad SMARTS) is 1. The summed E-state index contributed by atoms with van der Waals surface area (Å²) in [6.07, 6.45) is 0.304. The van der Waals surface area contributed by atoms with Gasteiger partial charge in [-0.3, -0.25) is 9.69 Å². The van der Waals surface area contributed by atoms with Gasteiger partial charge in [0.2, 0.25) is 0 Å². The smallest absolute Gasteiger partial charge is 0.414 e. The summed E-state index contributed by atoms with van der Waals surface area (Å²) in [4.78, 5) is 36.5. The molecule has 0 aliphatic heterocycles. The molecular weight excluding hydrogens is 352 g/mol. The fourth-order valence-electron chi connectivity index (χ4n) is 1.89. The van der Waals surface area contributed by atoms with Gasteiger partial charge >= 0.3 is 12.1 Å². The van der Waals surface area contributed by atoms with E-state index in [0.29, 0.717) is 0 Å². The van der Waals surface area contributed by atoms with Gasteiger partial charge in [-0.15, -0.1) is 0 Å². The van der Waals surface area contributed by atoms with Gasteiger partial charge in [-0.1, -0.05) is 6.07 Å². The number of hydrogen-bond acceptors (Lipinski definition) is 6. The summed E-state index contributed by atoms with van der Waals surface area (Å²) in [7, 11) is 0. The van der Waals surface area contributed by atoms with Crippen LogP contribution in [0.15, 0.2) is 36.0 Å². The molecule has 9 nitrogen and oxygen atoms in total. The molecule has 1 aromatic carbocycles. The highest BCUT2D eigenvalue weighted by Gasteiger charge is 2.22. The van der Waals surface area contributed by atoms with Gasteiger partial charge in [0.15, 0.2) is 0 Å². The first kappa shape index (κ1) is 21.7. The van der Waals surface area contributed by atoms with Crippen molar-refractivity contribution in [3.63, 3.8) is 0 Å².